The number of thiazole rings is 1. The third kappa shape index (κ3) is 6.19. The van der Waals surface area contributed by atoms with Crippen LogP contribution in [0.1, 0.15) is 43.5 Å². The normalized spacial score (nSPS) is 19.4. The number of hydrogen-bond acceptors (Lipinski definition) is 9. The predicted molar refractivity (Wildman–Crippen MR) is 153 cm³/mol. The van der Waals surface area contributed by atoms with Gasteiger partial charge in [-0.3, -0.25) is 14.8 Å². The summed E-state index contributed by atoms with van der Waals surface area (Å²) in [5.41, 5.74) is 2.83. The van der Waals surface area contributed by atoms with Gasteiger partial charge in [-0.25, -0.2) is 4.98 Å². The van der Waals surface area contributed by atoms with E-state index in [0.29, 0.717) is 49.1 Å². The highest BCUT2D eigenvalue weighted by Gasteiger charge is 2.24. The van der Waals surface area contributed by atoms with Gasteiger partial charge in [0.25, 0.3) is 5.91 Å². The number of anilines is 1. The zero-order valence-electron chi connectivity index (χ0n) is 20.9. The van der Waals surface area contributed by atoms with Crippen LogP contribution in [0.2, 0.25) is 0 Å². The number of benzene rings is 1. The van der Waals surface area contributed by atoms with Crippen molar-refractivity contribution in [3.05, 3.63) is 60.6 Å². The Morgan fingerprint density at radius 3 is 2.74 bits per heavy atom. The van der Waals surface area contributed by atoms with Gasteiger partial charge in [0.2, 0.25) is 0 Å². The fraction of sp³-hybridized carbons (Fsp3) is 0.379. The van der Waals surface area contributed by atoms with Gasteiger partial charge in [0.1, 0.15) is 11.5 Å². The van der Waals surface area contributed by atoms with E-state index < -0.39 is 0 Å². The van der Waals surface area contributed by atoms with Crippen LogP contribution in [0.15, 0.2) is 55.0 Å². The lowest BCUT2D eigenvalue weighted by Gasteiger charge is -2.27. The number of morpholine rings is 1. The van der Waals surface area contributed by atoms with Crippen molar-refractivity contribution >= 4 is 32.6 Å². The molecule has 3 aromatic heterocycles. The Morgan fingerprint density at radius 1 is 1.08 bits per heavy atom. The molecule has 0 spiro atoms. The second-order valence-corrected chi connectivity index (χ2v) is 10.6. The largest absolute Gasteiger partial charge is 0.457 e. The molecular formula is C29H33N5O4S. The van der Waals surface area contributed by atoms with E-state index in [0.717, 1.165) is 46.6 Å². The number of nitrogens with zero attached hydrogens (tertiary/aromatic N) is 4. The number of carbonyl (C=O) groups excluding carboxylic acids is 1. The summed E-state index contributed by atoms with van der Waals surface area (Å²) in [5.74, 6) is 1.27. The highest BCUT2D eigenvalue weighted by Crippen LogP contribution is 2.33. The molecule has 1 aliphatic heterocycles. The maximum absolute atomic E-state index is 12.9. The molecule has 1 aliphatic carbocycles. The van der Waals surface area contributed by atoms with Crippen molar-refractivity contribution in [2.24, 2.45) is 0 Å². The Labute approximate surface area is 231 Å². The van der Waals surface area contributed by atoms with Crippen LogP contribution in [-0.4, -0.2) is 69.3 Å². The molecule has 0 unspecified atom stereocenters. The summed E-state index contributed by atoms with van der Waals surface area (Å²) in [6, 6.07) is 11.3. The standard InChI is InChI=1S/C28H29N5O4S.CH4/c34-25-4-2-1-3-22(25)31-28-32-23-6-5-20(15-26(23)38-28)37-21-7-8-30-24(14-21)18-13-19(17-29-16-18)27(35)33-9-11-36-12-10-33;/h5-8,13-17,22,25,34H,1-4,9-12H2,(H,31,32);1H4/t22-,25-;/m1./s1. The number of amides is 1. The number of nitrogens with one attached hydrogen (secondary N) is 1. The second kappa shape index (κ2) is 12.1. The molecule has 204 valence electrons. The molecule has 39 heavy (non-hydrogen) atoms. The average molecular weight is 548 g/mol. The molecule has 1 saturated carbocycles. The highest BCUT2D eigenvalue weighted by atomic mass is 32.1. The van der Waals surface area contributed by atoms with Gasteiger partial charge in [0, 0.05) is 49.4 Å². The van der Waals surface area contributed by atoms with E-state index in [1.807, 2.05) is 30.3 Å². The summed E-state index contributed by atoms with van der Waals surface area (Å²) >= 11 is 1.56. The minimum Gasteiger partial charge on any atom is -0.457 e. The van der Waals surface area contributed by atoms with Crippen molar-refractivity contribution in [3.63, 3.8) is 0 Å². The molecule has 2 atom stereocenters. The average Bonchev–Trinajstić information content (AvgIpc) is 3.36. The summed E-state index contributed by atoms with van der Waals surface area (Å²) < 4.78 is 12.5. The Morgan fingerprint density at radius 2 is 1.90 bits per heavy atom. The monoisotopic (exact) mass is 547 g/mol. The molecule has 4 heterocycles. The number of aromatic nitrogens is 3. The van der Waals surface area contributed by atoms with Gasteiger partial charge in [-0.05, 0) is 37.1 Å². The maximum Gasteiger partial charge on any atom is 0.255 e. The highest BCUT2D eigenvalue weighted by molar-refractivity contribution is 7.22. The van der Waals surface area contributed by atoms with E-state index >= 15 is 0 Å². The third-order valence-electron chi connectivity index (χ3n) is 6.94. The molecule has 2 aliphatic rings. The lowest BCUT2D eigenvalue weighted by molar-refractivity contribution is 0.0302. The lowest BCUT2D eigenvalue weighted by Crippen LogP contribution is -2.40. The number of pyridine rings is 2. The molecule has 1 amide bonds. The molecule has 1 aromatic carbocycles. The molecule has 6 rings (SSSR count). The number of ether oxygens (including phenoxy) is 2. The van der Waals surface area contributed by atoms with Crippen molar-refractivity contribution in [2.75, 3.05) is 31.6 Å². The van der Waals surface area contributed by atoms with E-state index in [4.69, 9.17) is 9.47 Å². The molecule has 1 saturated heterocycles. The van der Waals surface area contributed by atoms with E-state index in [1.165, 1.54) is 0 Å². The Bertz CT molecular complexity index is 1440. The third-order valence-corrected chi connectivity index (χ3v) is 7.89. The first-order chi connectivity index (χ1) is 18.6. The Hall–Kier alpha value is -3.60. The molecule has 4 aromatic rings. The van der Waals surface area contributed by atoms with Crippen LogP contribution in [0.5, 0.6) is 11.5 Å². The van der Waals surface area contributed by atoms with Crippen LogP contribution in [0, 0.1) is 0 Å². The Balaban J connectivity index is 0.00000308. The zero-order valence-corrected chi connectivity index (χ0v) is 21.7. The first-order valence-corrected chi connectivity index (χ1v) is 13.8. The summed E-state index contributed by atoms with van der Waals surface area (Å²) in [5, 5.41) is 14.5. The van der Waals surface area contributed by atoms with Gasteiger partial charge in [-0.1, -0.05) is 31.6 Å². The second-order valence-electron chi connectivity index (χ2n) is 9.60. The molecule has 2 N–H and O–H groups in total. The van der Waals surface area contributed by atoms with Crippen LogP contribution < -0.4 is 10.1 Å². The van der Waals surface area contributed by atoms with Gasteiger partial charge in [0.05, 0.1) is 46.8 Å². The molecule has 0 radical (unpaired) electrons. The van der Waals surface area contributed by atoms with Gasteiger partial charge >= 0.3 is 0 Å². The minimum atomic E-state index is -0.330. The fourth-order valence-corrected chi connectivity index (χ4v) is 5.84. The van der Waals surface area contributed by atoms with Crippen molar-refractivity contribution < 1.29 is 19.4 Å². The van der Waals surface area contributed by atoms with E-state index in [9.17, 15) is 9.90 Å². The van der Waals surface area contributed by atoms with Gasteiger partial charge < -0.3 is 24.8 Å². The van der Waals surface area contributed by atoms with Crippen LogP contribution >= 0.6 is 11.3 Å². The summed E-state index contributed by atoms with van der Waals surface area (Å²) in [4.78, 5) is 28.1. The number of rotatable bonds is 6. The first-order valence-electron chi connectivity index (χ1n) is 12.9. The van der Waals surface area contributed by atoms with E-state index in [1.54, 1.807) is 40.9 Å². The van der Waals surface area contributed by atoms with Crippen LogP contribution in [0.4, 0.5) is 5.13 Å². The molecule has 2 fully saturated rings. The molecule has 0 bridgehead atoms. The molecule has 9 nitrogen and oxygen atoms in total. The van der Waals surface area contributed by atoms with Crippen LogP contribution in [0.3, 0.4) is 0 Å². The summed E-state index contributed by atoms with van der Waals surface area (Å²) in [7, 11) is 0. The van der Waals surface area contributed by atoms with Gasteiger partial charge in [-0.2, -0.15) is 0 Å². The van der Waals surface area contributed by atoms with Crippen molar-refractivity contribution in [2.45, 2.75) is 45.3 Å². The SMILES string of the molecule is C.O=C(c1cncc(-c2cc(Oc3ccc4nc(N[C@@H]5CCCC[C@H]5O)sc4c3)ccn2)c1)N1CCOCC1. The number of aliphatic hydroxyl groups is 1. The smallest absolute Gasteiger partial charge is 0.255 e. The maximum atomic E-state index is 12.9. The number of fused-ring (bicyclic) bond motifs is 1. The van der Waals surface area contributed by atoms with Crippen LogP contribution in [-0.2, 0) is 4.74 Å². The number of carbonyl (C=O) groups is 1. The fourth-order valence-electron chi connectivity index (χ4n) is 4.88. The quantitative estimate of drug-likeness (QED) is 0.332. The van der Waals surface area contributed by atoms with Gasteiger partial charge in [0.15, 0.2) is 5.13 Å². The zero-order chi connectivity index (χ0) is 25.9. The van der Waals surface area contributed by atoms with Gasteiger partial charge in [-0.15, -0.1) is 0 Å². The lowest BCUT2D eigenvalue weighted by atomic mass is 9.93. The summed E-state index contributed by atoms with van der Waals surface area (Å²) in [6.45, 7) is 2.26. The summed E-state index contributed by atoms with van der Waals surface area (Å²) in [6.07, 6.45) is 8.62. The van der Waals surface area contributed by atoms with Crippen molar-refractivity contribution in [1.82, 2.24) is 19.9 Å². The topological polar surface area (TPSA) is 110 Å². The first kappa shape index (κ1) is 27.0. The predicted octanol–water partition coefficient (Wildman–Crippen LogP) is 5.37. The number of aliphatic hydroxyl groups excluding tert-OH is 1. The molecular weight excluding hydrogens is 514 g/mol. The van der Waals surface area contributed by atoms with Crippen molar-refractivity contribution in [1.29, 1.82) is 0 Å². The number of hydrogen-bond donors (Lipinski definition) is 2. The molecule has 10 heteroatoms. The van der Waals surface area contributed by atoms with Crippen LogP contribution in [0.25, 0.3) is 21.5 Å². The van der Waals surface area contributed by atoms with Crippen molar-refractivity contribution in [3.8, 4) is 22.8 Å². The Kier molecular flexibility index (Phi) is 8.35. The van der Waals surface area contributed by atoms with E-state index in [-0.39, 0.29) is 25.5 Å². The minimum absolute atomic E-state index is 0. The van der Waals surface area contributed by atoms with E-state index in [2.05, 4.69) is 20.3 Å².